The summed E-state index contributed by atoms with van der Waals surface area (Å²) in [6.07, 6.45) is 1.22. The number of sulfonamides is 1. The van der Waals surface area contributed by atoms with Crippen molar-refractivity contribution in [2.24, 2.45) is 5.10 Å². The van der Waals surface area contributed by atoms with Gasteiger partial charge in [0.1, 0.15) is 18.0 Å². The Balaban J connectivity index is 2.62. The van der Waals surface area contributed by atoms with Crippen LogP contribution in [0.5, 0.6) is 11.5 Å². The van der Waals surface area contributed by atoms with E-state index in [0.29, 0.717) is 18.6 Å². The number of carbonyl (C=O) groups excluding carboxylic acids is 1. The summed E-state index contributed by atoms with van der Waals surface area (Å²) in [5.74, 6) is -0.242. The summed E-state index contributed by atoms with van der Waals surface area (Å²) in [5, 5.41) is 15.5. The van der Waals surface area contributed by atoms with Gasteiger partial charge in [0.25, 0.3) is 21.6 Å². The van der Waals surface area contributed by atoms with E-state index in [1.165, 1.54) is 44.6 Å². The molecule has 12 heteroatoms. The van der Waals surface area contributed by atoms with E-state index in [9.17, 15) is 23.3 Å². The van der Waals surface area contributed by atoms with Gasteiger partial charge >= 0.3 is 0 Å². The lowest BCUT2D eigenvalue weighted by Crippen LogP contribution is -2.40. The summed E-state index contributed by atoms with van der Waals surface area (Å²) in [6.45, 7) is 3.06. The Morgan fingerprint density at radius 1 is 1.12 bits per heavy atom. The molecule has 0 unspecified atom stereocenters. The number of rotatable bonds is 11. The van der Waals surface area contributed by atoms with Crippen molar-refractivity contribution < 1.29 is 27.6 Å². The molecule has 0 fully saturated rings. The van der Waals surface area contributed by atoms with Gasteiger partial charge in [-0.05, 0) is 31.0 Å². The number of nitro groups is 1. The first-order chi connectivity index (χ1) is 15.7. The molecule has 0 aromatic heterocycles. The van der Waals surface area contributed by atoms with Gasteiger partial charge in [0.05, 0.1) is 24.8 Å². The van der Waals surface area contributed by atoms with Crippen LogP contribution >= 0.6 is 0 Å². The highest BCUT2D eigenvalue weighted by atomic mass is 32.2. The molecule has 0 bridgehead atoms. The highest BCUT2D eigenvalue weighted by molar-refractivity contribution is 7.93. The molecule has 2 aromatic carbocycles. The molecular weight excluding hydrogens is 452 g/mol. The number of nitrogens with one attached hydrogen (secondary N) is 1. The third-order valence-electron chi connectivity index (χ3n) is 4.73. The van der Waals surface area contributed by atoms with Gasteiger partial charge in [-0.15, -0.1) is 0 Å². The molecule has 0 saturated carbocycles. The Kier molecular flexibility index (Phi) is 8.74. The topological polar surface area (TPSA) is 140 Å². The Hall–Kier alpha value is -3.67. The zero-order chi connectivity index (χ0) is 24.6. The smallest absolute Gasteiger partial charge is 0.289 e. The average molecular weight is 479 g/mol. The number of nitrogens with zero attached hydrogens (tertiary/aromatic N) is 3. The van der Waals surface area contributed by atoms with E-state index in [2.05, 4.69) is 10.5 Å². The van der Waals surface area contributed by atoms with Crippen LogP contribution < -0.4 is 19.2 Å². The third kappa shape index (κ3) is 5.98. The molecule has 11 nitrogen and oxygen atoms in total. The van der Waals surface area contributed by atoms with Gasteiger partial charge in [0.15, 0.2) is 4.90 Å². The molecular formula is C21H26N4O7S. The van der Waals surface area contributed by atoms with Crippen LogP contribution in [0.1, 0.15) is 26.7 Å². The van der Waals surface area contributed by atoms with Gasteiger partial charge < -0.3 is 9.47 Å². The molecule has 0 radical (unpaired) electrons. The number of benzene rings is 2. The maximum atomic E-state index is 13.6. The summed E-state index contributed by atoms with van der Waals surface area (Å²) in [5.41, 5.74) is 2.45. The van der Waals surface area contributed by atoms with Crippen molar-refractivity contribution in [2.45, 2.75) is 31.6 Å². The molecule has 33 heavy (non-hydrogen) atoms. The zero-order valence-corrected chi connectivity index (χ0v) is 19.6. The minimum Gasteiger partial charge on any atom is -0.497 e. The Morgan fingerprint density at radius 3 is 2.36 bits per heavy atom. The highest BCUT2D eigenvalue weighted by Gasteiger charge is 2.34. The molecule has 2 aromatic rings. The fourth-order valence-corrected chi connectivity index (χ4v) is 4.54. The highest BCUT2D eigenvalue weighted by Crippen LogP contribution is 2.37. The number of hydrogen-bond donors (Lipinski definition) is 1. The molecule has 178 valence electrons. The molecule has 1 N–H and O–H groups in total. The summed E-state index contributed by atoms with van der Waals surface area (Å²) in [7, 11) is -1.81. The lowest BCUT2D eigenvalue weighted by atomic mass is 10.2. The maximum absolute atomic E-state index is 13.6. The molecule has 0 heterocycles. The van der Waals surface area contributed by atoms with Gasteiger partial charge in [-0.3, -0.25) is 19.2 Å². The first-order valence-electron chi connectivity index (χ1n) is 10.0. The molecule has 0 aliphatic heterocycles. The number of ether oxygens (including phenoxy) is 2. The molecule has 1 amide bonds. The number of anilines is 1. The van der Waals surface area contributed by atoms with E-state index in [0.717, 1.165) is 22.1 Å². The van der Waals surface area contributed by atoms with Crippen molar-refractivity contribution >= 4 is 33.0 Å². The SMILES string of the molecule is CCC(CC)=NNC(=O)CN(c1ccc(OC)cc1OC)S(=O)(=O)c1ccccc1[N+](=O)[O-]. The van der Waals surface area contributed by atoms with E-state index in [1.807, 2.05) is 13.8 Å². The number of methoxy groups -OCH3 is 2. The number of para-hydroxylation sites is 1. The van der Waals surface area contributed by atoms with Crippen molar-refractivity contribution in [3.63, 3.8) is 0 Å². The van der Waals surface area contributed by atoms with E-state index < -0.39 is 38.0 Å². The normalized spacial score (nSPS) is 10.8. The Labute approximate surface area is 192 Å². The van der Waals surface area contributed by atoms with E-state index in [4.69, 9.17) is 9.47 Å². The van der Waals surface area contributed by atoms with E-state index in [-0.39, 0.29) is 11.4 Å². The first kappa shape index (κ1) is 25.6. The van der Waals surface area contributed by atoms with Crippen LogP contribution in [0.3, 0.4) is 0 Å². The number of nitro benzene ring substituents is 1. The second-order valence-corrected chi connectivity index (χ2v) is 8.53. The average Bonchev–Trinajstić information content (AvgIpc) is 2.82. The molecule has 0 saturated heterocycles. The van der Waals surface area contributed by atoms with Crippen LogP contribution in [0.15, 0.2) is 52.5 Å². The molecule has 0 atom stereocenters. The lowest BCUT2D eigenvalue weighted by molar-refractivity contribution is -0.387. The number of carbonyl (C=O) groups is 1. The van der Waals surface area contributed by atoms with Crippen LogP contribution in [0.4, 0.5) is 11.4 Å². The van der Waals surface area contributed by atoms with Crippen LogP contribution in [0.25, 0.3) is 0 Å². The van der Waals surface area contributed by atoms with E-state index in [1.54, 1.807) is 0 Å². The zero-order valence-electron chi connectivity index (χ0n) is 18.8. The third-order valence-corrected chi connectivity index (χ3v) is 6.53. The summed E-state index contributed by atoms with van der Waals surface area (Å²) in [4.78, 5) is 22.8. The molecule has 0 spiro atoms. The van der Waals surface area contributed by atoms with Crippen LogP contribution in [-0.2, 0) is 14.8 Å². The quantitative estimate of drug-likeness (QED) is 0.297. The van der Waals surface area contributed by atoms with Crippen molar-refractivity contribution in [1.29, 1.82) is 0 Å². The van der Waals surface area contributed by atoms with E-state index >= 15 is 0 Å². The second kappa shape index (κ2) is 11.3. The van der Waals surface area contributed by atoms with Gasteiger partial charge in [0, 0.05) is 17.8 Å². The number of hydrogen-bond acceptors (Lipinski definition) is 8. The second-order valence-electron chi connectivity index (χ2n) is 6.69. The van der Waals surface area contributed by atoms with Gasteiger partial charge in [-0.2, -0.15) is 5.10 Å². The standard InChI is InChI=1S/C21H26N4O7S/c1-5-15(6-2)22-23-21(26)14-24(17-12-11-16(31-3)13-19(17)32-4)33(29,30)20-10-8-7-9-18(20)25(27)28/h7-13H,5-6,14H2,1-4H3,(H,23,26). The largest absolute Gasteiger partial charge is 0.497 e. The van der Waals surface area contributed by atoms with Gasteiger partial charge in [0.2, 0.25) is 0 Å². The molecule has 2 rings (SSSR count). The summed E-state index contributed by atoms with van der Waals surface area (Å²) in [6, 6.07) is 9.23. The van der Waals surface area contributed by atoms with Crippen molar-refractivity contribution in [3.05, 3.63) is 52.6 Å². The minimum absolute atomic E-state index is 0.00165. The fraction of sp³-hybridized carbons (Fsp3) is 0.333. The molecule has 0 aliphatic carbocycles. The summed E-state index contributed by atoms with van der Waals surface area (Å²) >= 11 is 0. The van der Waals surface area contributed by atoms with Crippen LogP contribution in [0.2, 0.25) is 0 Å². The Bertz CT molecular complexity index is 1140. The van der Waals surface area contributed by atoms with Gasteiger partial charge in [-0.1, -0.05) is 26.0 Å². The maximum Gasteiger partial charge on any atom is 0.289 e. The number of amides is 1. The predicted molar refractivity (Wildman–Crippen MR) is 123 cm³/mol. The van der Waals surface area contributed by atoms with Crippen molar-refractivity contribution in [1.82, 2.24) is 5.43 Å². The number of hydrazone groups is 1. The monoisotopic (exact) mass is 478 g/mol. The predicted octanol–water partition coefficient (Wildman–Crippen LogP) is 3.10. The van der Waals surface area contributed by atoms with Crippen LogP contribution in [-0.4, -0.2) is 45.7 Å². The van der Waals surface area contributed by atoms with Crippen molar-refractivity contribution in [2.75, 3.05) is 25.1 Å². The molecule has 0 aliphatic rings. The van der Waals surface area contributed by atoms with Gasteiger partial charge in [-0.25, -0.2) is 13.8 Å². The Morgan fingerprint density at radius 2 is 1.79 bits per heavy atom. The minimum atomic E-state index is -4.57. The van der Waals surface area contributed by atoms with Crippen LogP contribution in [0, 0.1) is 10.1 Å². The first-order valence-corrected chi connectivity index (χ1v) is 11.5. The van der Waals surface area contributed by atoms with Crippen molar-refractivity contribution in [3.8, 4) is 11.5 Å². The fourth-order valence-electron chi connectivity index (χ4n) is 2.95. The summed E-state index contributed by atoms with van der Waals surface area (Å²) < 4.78 is 38.4. The lowest BCUT2D eigenvalue weighted by Gasteiger charge is -2.25.